The Bertz CT molecular complexity index is 530. The van der Waals surface area contributed by atoms with Crippen molar-refractivity contribution in [2.75, 3.05) is 0 Å². The zero-order valence-electron chi connectivity index (χ0n) is 11.9. The van der Waals surface area contributed by atoms with Crippen molar-refractivity contribution >= 4 is 0 Å². The van der Waals surface area contributed by atoms with Crippen molar-refractivity contribution in [2.24, 2.45) is 0 Å². The lowest BCUT2D eigenvalue weighted by Crippen LogP contribution is -2.30. The van der Waals surface area contributed by atoms with Gasteiger partial charge in [-0.25, -0.2) is 0 Å². The fourth-order valence-corrected chi connectivity index (χ4v) is 2.90. The first-order chi connectivity index (χ1) is 9.92. The fraction of sp³-hybridized carbons (Fsp3) is 0.389. The molecule has 0 unspecified atom stereocenters. The lowest BCUT2D eigenvalue weighted by atomic mass is 9.95. The van der Waals surface area contributed by atoms with E-state index in [1.807, 2.05) is 6.07 Å². The van der Waals surface area contributed by atoms with Gasteiger partial charge in [0.25, 0.3) is 0 Å². The van der Waals surface area contributed by atoms with Gasteiger partial charge in [0.2, 0.25) is 0 Å². The van der Waals surface area contributed by atoms with Crippen LogP contribution < -0.4 is 5.32 Å². The van der Waals surface area contributed by atoms with Gasteiger partial charge in [0.05, 0.1) is 11.4 Å². The van der Waals surface area contributed by atoms with Crippen molar-refractivity contribution in [1.82, 2.24) is 10.3 Å². The van der Waals surface area contributed by atoms with E-state index >= 15 is 0 Å². The normalized spacial score (nSPS) is 16.2. The molecular weight excluding hydrogens is 244 g/mol. The monoisotopic (exact) mass is 266 g/mol. The number of benzene rings is 1. The minimum atomic E-state index is 0.686. The Labute approximate surface area is 121 Å². The van der Waals surface area contributed by atoms with E-state index in [0.717, 1.165) is 17.9 Å². The highest BCUT2D eigenvalue weighted by Gasteiger charge is 2.12. The van der Waals surface area contributed by atoms with E-state index in [9.17, 15) is 0 Å². The molecule has 2 heteroatoms. The van der Waals surface area contributed by atoms with Gasteiger partial charge in [-0.05, 0) is 25.0 Å². The third-order valence-electron chi connectivity index (χ3n) is 4.05. The number of nitrogens with one attached hydrogen (secondary N) is 1. The SMILES string of the molecule is c1ccc(-c2cccc(CNC3CCCCC3)n2)cc1. The van der Waals surface area contributed by atoms with Crippen LogP contribution in [0.2, 0.25) is 0 Å². The average molecular weight is 266 g/mol. The van der Waals surface area contributed by atoms with E-state index in [4.69, 9.17) is 4.98 Å². The van der Waals surface area contributed by atoms with Gasteiger partial charge >= 0.3 is 0 Å². The molecule has 0 amide bonds. The standard InChI is InChI=1S/C18H22N2/c1-3-8-15(9-4-1)18-13-7-12-17(20-18)14-19-16-10-5-2-6-11-16/h1,3-4,7-9,12-13,16,19H,2,5-6,10-11,14H2. The van der Waals surface area contributed by atoms with Crippen LogP contribution in [-0.2, 0) is 6.54 Å². The number of hydrogen-bond acceptors (Lipinski definition) is 2. The van der Waals surface area contributed by atoms with Crippen molar-refractivity contribution < 1.29 is 0 Å². The molecule has 2 nitrogen and oxygen atoms in total. The molecule has 1 fully saturated rings. The smallest absolute Gasteiger partial charge is 0.0705 e. The zero-order valence-corrected chi connectivity index (χ0v) is 11.9. The number of aromatic nitrogens is 1. The second-order valence-corrected chi connectivity index (χ2v) is 5.60. The predicted octanol–water partition coefficient (Wildman–Crippen LogP) is 4.17. The van der Waals surface area contributed by atoms with Gasteiger partial charge in [-0.1, -0.05) is 55.7 Å². The molecule has 104 valence electrons. The third-order valence-corrected chi connectivity index (χ3v) is 4.05. The number of pyridine rings is 1. The first-order valence-electron chi connectivity index (χ1n) is 7.66. The first-order valence-corrected chi connectivity index (χ1v) is 7.66. The summed E-state index contributed by atoms with van der Waals surface area (Å²) >= 11 is 0. The summed E-state index contributed by atoms with van der Waals surface area (Å²) < 4.78 is 0. The van der Waals surface area contributed by atoms with Crippen LogP contribution >= 0.6 is 0 Å². The summed E-state index contributed by atoms with van der Waals surface area (Å²) in [6.07, 6.45) is 6.78. The van der Waals surface area contributed by atoms with Crippen LogP contribution in [0.3, 0.4) is 0 Å². The molecule has 1 aliphatic carbocycles. The Balaban J connectivity index is 1.65. The molecule has 3 rings (SSSR count). The molecule has 1 saturated carbocycles. The van der Waals surface area contributed by atoms with Gasteiger partial charge < -0.3 is 5.32 Å². The summed E-state index contributed by atoms with van der Waals surface area (Å²) in [6.45, 7) is 0.880. The van der Waals surface area contributed by atoms with Crippen LogP contribution in [0.15, 0.2) is 48.5 Å². The molecule has 1 aromatic heterocycles. The summed E-state index contributed by atoms with van der Waals surface area (Å²) in [5.74, 6) is 0. The van der Waals surface area contributed by atoms with Crippen LogP contribution in [0.25, 0.3) is 11.3 Å². The van der Waals surface area contributed by atoms with Crippen LogP contribution in [0.1, 0.15) is 37.8 Å². The number of hydrogen-bond donors (Lipinski definition) is 1. The van der Waals surface area contributed by atoms with Crippen LogP contribution in [-0.4, -0.2) is 11.0 Å². The minimum absolute atomic E-state index is 0.686. The largest absolute Gasteiger partial charge is 0.308 e. The molecule has 1 heterocycles. The fourth-order valence-electron chi connectivity index (χ4n) is 2.90. The Morgan fingerprint density at radius 2 is 1.70 bits per heavy atom. The topological polar surface area (TPSA) is 24.9 Å². The molecule has 1 N–H and O–H groups in total. The second kappa shape index (κ2) is 6.67. The predicted molar refractivity (Wildman–Crippen MR) is 83.4 cm³/mol. The maximum Gasteiger partial charge on any atom is 0.0705 e. The highest BCUT2D eigenvalue weighted by molar-refractivity contribution is 5.58. The molecule has 20 heavy (non-hydrogen) atoms. The molecule has 1 aromatic carbocycles. The lowest BCUT2D eigenvalue weighted by Gasteiger charge is -2.22. The average Bonchev–Trinajstić information content (AvgIpc) is 2.55. The molecule has 0 spiro atoms. The molecule has 0 saturated heterocycles. The zero-order chi connectivity index (χ0) is 13.6. The summed E-state index contributed by atoms with van der Waals surface area (Å²) in [6, 6.07) is 17.4. The van der Waals surface area contributed by atoms with E-state index in [1.165, 1.54) is 37.7 Å². The van der Waals surface area contributed by atoms with Crippen molar-refractivity contribution in [2.45, 2.75) is 44.7 Å². The van der Waals surface area contributed by atoms with Crippen molar-refractivity contribution in [1.29, 1.82) is 0 Å². The number of nitrogens with zero attached hydrogens (tertiary/aromatic N) is 1. The molecule has 0 atom stereocenters. The molecule has 2 aromatic rings. The van der Waals surface area contributed by atoms with E-state index in [-0.39, 0.29) is 0 Å². The van der Waals surface area contributed by atoms with Gasteiger partial charge in [-0.3, -0.25) is 4.98 Å². The van der Waals surface area contributed by atoms with Gasteiger partial charge in [0, 0.05) is 18.2 Å². The van der Waals surface area contributed by atoms with Crippen molar-refractivity contribution in [3.63, 3.8) is 0 Å². The Hall–Kier alpha value is -1.67. The second-order valence-electron chi connectivity index (χ2n) is 5.60. The number of rotatable bonds is 4. The first kappa shape index (κ1) is 13.3. The van der Waals surface area contributed by atoms with E-state index in [0.29, 0.717) is 6.04 Å². The summed E-state index contributed by atoms with van der Waals surface area (Å²) in [5.41, 5.74) is 3.39. The van der Waals surface area contributed by atoms with Crippen LogP contribution in [0.4, 0.5) is 0 Å². The highest BCUT2D eigenvalue weighted by Crippen LogP contribution is 2.19. The van der Waals surface area contributed by atoms with Crippen LogP contribution in [0, 0.1) is 0 Å². The van der Waals surface area contributed by atoms with Crippen molar-refractivity contribution in [3.05, 3.63) is 54.2 Å². The third kappa shape index (κ3) is 3.45. The highest BCUT2D eigenvalue weighted by atomic mass is 14.9. The Morgan fingerprint density at radius 1 is 0.900 bits per heavy atom. The summed E-state index contributed by atoms with van der Waals surface area (Å²) in [7, 11) is 0. The Kier molecular flexibility index (Phi) is 4.44. The minimum Gasteiger partial charge on any atom is -0.308 e. The summed E-state index contributed by atoms with van der Waals surface area (Å²) in [4.78, 5) is 4.76. The van der Waals surface area contributed by atoms with Gasteiger partial charge in [0.15, 0.2) is 0 Å². The maximum absolute atomic E-state index is 4.76. The van der Waals surface area contributed by atoms with Gasteiger partial charge in [-0.2, -0.15) is 0 Å². The molecule has 1 aliphatic rings. The molecule has 0 aliphatic heterocycles. The van der Waals surface area contributed by atoms with E-state index < -0.39 is 0 Å². The quantitative estimate of drug-likeness (QED) is 0.898. The van der Waals surface area contributed by atoms with Gasteiger partial charge in [-0.15, -0.1) is 0 Å². The summed E-state index contributed by atoms with van der Waals surface area (Å²) in [5, 5.41) is 3.65. The molecule has 0 bridgehead atoms. The van der Waals surface area contributed by atoms with E-state index in [2.05, 4.69) is 47.8 Å². The molecular formula is C18H22N2. The van der Waals surface area contributed by atoms with Gasteiger partial charge in [0.1, 0.15) is 0 Å². The van der Waals surface area contributed by atoms with E-state index in [1.54, 1.807) is 0 Å². The van der Waals surface area contributed by atoms with Crippen molar-refractivity contribution in [3.8, 4) is 11.3 Å². The maximum atomic E-state index is 4.76. The Morgan fingerprint density at radius 3 is 2.50 bits per heavy atom. The van der Waals surface area contributed by atoms with Crippen LogP contribution in [0.5, 0.6) is 0 Å². The molecule has 0 radical (unpaired) electrons. The lowest BCUT2D eigenvalue weighted by molar-refractivity contribution is 0.371.